The van der Waals surface area contributed by atoms with Crippen molar-refractivity contribution in [1.29, 1.82) is 0 Å². The predicted molar refractivity (Wildman–Crippen MR) is 92.9 cm³/mol. The molecule has 23 heavy (non-hydrogen) atoms. The third-order valence-corrected chi connectivity index (χ3v) is 3.74. The number of benzene rings is 3. The van der Waals surface area contributed by atoms with Crippen LogP contribution in [0.2, 0.25) is 0 Å². The molecule has 0 saturated heterocycles. The van der Waals surface area contributed by atoms with E-state index in [9.17, 15) is 10.1 Å². The van der Waals surface area contributed by atoms with Crippen LogP contribution in [0.25, 0.3) is 10.8 Å². The lowest BCUT2D eigenvalue weighted by Gasteiger charge is -2.03. The third-order valence-electron chi connectivity index (χ3n) is 3.74. The standard InChI is InChI=1S/C19H16N2O2/c22-21(23)18-10-8-15(9-11-18)14-20-13-12-17-6-3-5-16-4-1-2-7-19(16)17/h1-11,13H,12,14H2. The van der Waals surface area contributed by atoms with Crippen LogP contribution in [0.3, 0.4) is 0 Å². The van der Waals surface area contributed by atoms with Crippen LogP contribution in [-0.2, 0) is 13.0 Å². The monoisotopic (exact) mass is 304 g/mol. The van der Waals surface area contributed by atoms with Crippen molar-refractivity contribution in [3.63, 3.8) is 0 Å². The second kappa shape index (κ2) is 6.83. The Kier molecular flexibility index (Phi) is 4.43. The van der Waals surface area contributed by atoms with Crippen molar-refractivity contribution in [1.82, 2.24) is 0 Å². The Bertz CT molecular complexity index is 849. The number of non-ortho nitro benzene ring substituents is 1. The molecule has 0 heterocycles. The first kappa shape index (κ1) is 14.9. The Labute approximate surface area is 134 Å². The summed E-state index contributed by atoms with van der Waals surface area (Å²) in [5.74, 6) is 0. The van der Waals surface area contributed by atoms with E-state index in [1.807, 2.05) is 18.3 Å². The lowest BCUT2D eigenvalue weighted by molar-refractivity contribution is -0.384. The molecule has 0 bridgehead atoms. The highest BCUT2D eigenvalue weighted by atomic mass is 16.6. The van der Waals surface area contributed by atoms with E-state index >= 15 is 0 Å². The molecule has 0 spiro atoms. The summed E-state index contributed by atoms with van der Waals surface area (Å²) in [5, 5.41) is 13.1. The summed E-state index contributed by atoms with van der Waals surface area (Å²) in [4.78, 5) is 14.6. The molecule has 3 rings (SSSR count). The summed E-state index contributed by atoms with van der Waals surface area (Å²) in [7, 11) is 0. The predicted octanol–water partition coefficient (Wildman–Crippen LogP) is 4.56. The van der Waals surface area contributed by atoms with E-state index in [1.54, 1.807) is 12.1 Å². The van der Waals surface area contributed by atoms with Crippen molar-refractivity contribution in [3.05, 3.63) is 88.0 Å². The highest BCUT2D eigenvalue weighted by Crippen LogP contribution is 2.18. The Morgan fingerprint density at radius 2 is 1.70 bits per heavy atom. The van der Waals surface area contributed by atoms with Crippen LogP contribution in [0.5, 0.6) is 0 Å². The fraction of sp³-hybridized carbons (Fsp3) is 0.105. The van der Waals surface area contributed by atoms with Gasteiger partial charge in [-0.2, -0.15) is 0 Å². The maximum Gasteiger partial charge on any atom is 0.269 e. The Morgan fingerprint density at radius 1 is 0.957 bits per heavy atom. The Morgan fingerprint density at radius 3 is 2.48 bits per heavy atom. The van der Waals surface area contributed by atoms with Gasteiger partial charge in [0.25, 0.3) is 5.69 Å². The van der Waals surface area contributed by atoms with Crippen molar-refractivity contribution in [2.45, 2.75) is 13.0 Å². The highest BCUT2D eigenvalue weighted by Gasteiger charge is 2.03. The zero-order valence-electron chi connectivity index (χ0n) is 12.6. The number of nitrogens with zero attached hydrogens (tertiary/aromatic N) is 2. The number of aliphatic imine (C=N–C) groups is 1. The quantitative estimate of drug-likeness (QED) is 0.394. The first-order valence-corrected chi connectivity index (χ1v) is 7.42. The van der Waals surface area contributed by atoms with Crippen molar-refractivity contribution in [3.8, 4) is 0 Å². The van der Waals surface area contributed by atoms with Crippen molar-refractivity contribution in [2.75, 3.05) is 0 Å². The summed E-state index contributed by atoms with van der Waals surface area (Å²) in [5.41, 5.74) is 2.31. The van der Waals surface area contributed by atoms with Gasteiger partial charge in [-0.1, -0.05) is 54.6 Å². The SMILES string of the molecule is O=[N+]([O-])c1ccc(CN=CCc2cccc3ccccc23)cc1. The highest BCUT2D eigenvalue weighted by molar-refractivity contribution is 5.87. The topological polar surface area (TPSA) is 55.5 Å². The van der Waals surface area contributed by atoms with E-state index < -0.39 is 4.92 Å². The molecule has 0 radical (unpaired) electrons. The molecule has 3 aromatic carbocycles. The molecule has 0 N–H and O–H groups in total. The summed E-state index contributed by atoms with van der Waals surface area (Å²) >= 11 is 0. The van der Waals surface area contributed by atoms with Gasteiger partial charge in [-0.15, -0.1) is 0 Å². The number of fused-ring (bicyclic) bond motifs is 1. The van der Waals surface area contributed by atoms with Gasteiger partial charge in [-0.3, -0.25) is 15.1 Å². The number of hydrogen-bond acceptors (Lipinski definition) is 3. The molecule has 0 unspecified atom stereocenters. The molecular formula is C19H16N2O2. The lowest BCUT2D eigenvalue weighted by Crippen LogP contribution is -1.91. The molecule has 0 aliphatic carbocycles. The van der Waals surface area contributed by atoms with Crippen LogP contribution in [0.4, 0.5) is 5.69 Å². The molecule has 3 aromatic rings. The van der Waals surface area contributed by atoms with Gasteiger partial charge in [0.15, 0.2) is 0 Å². The van der Waals surface area contributed by atoms with Gasteiger partial charge in [0.1, 0.15) is 0 Å². The normalized spacial score (nSPS) is 11.1. The van der Waals surface area contributed by atoms with Gasteiger partial charge in [0, 0.05) is 24.8 Å². The molecule has 0 atom stereocenters. The minimum Gasteiger partial charge on any atom is -0.292 e. The van der Waals surface area contributed by atoms with Crippen LogP contribution in [0.15, 0.2) is 71.7 Å². The minimum atomic E-state index is -0.395. The summed E-state index contributed by atoms with van der Waals surface area (Å²) < 4.78 is 0. The number of nitro benzene ring substituents is 1. The smallest absolute Gasteiger partial charge is 0.269 e. The summed E-state index contributed by atoms with van der Waals surface area (Å²) in [6, 6.07) is 21.1. The molecular weight excluding hydrogens is 288 g/mol. The second-order valence-corrected chi connectivity index (χ2v) is 5.29. The third kappa shape index (κ3) is 3.61. The van der Waals surface area contributed by atoms with E-state index in [-0.39, 0.29) is 5.69 Å². The summed E-state index contributed by atoms with van der Waals surface area (Å²) in [6.07, 6.45) is 2.68. The van der Waals surface area contributed by atoms with Gasteiger partial charge < -0.3 is 0 Å². The Balaban J connectivity index is 1.65. The molecule has 0 aromatic heterocycles. The average molecular weight is 304 g/mol. The zero-order valence-corrected chi connectivity index (χ0v) is 12.6. The number of rotatable bonds is 5. The first-order chi connectivity index (χ1) is 11.2. The van der Waals surface area contributed by atoms with Gasteiger partial charge in [0.05, 0.1) is 11.5 Å². The minimum absolute atomic E-state index is 0.105. The van der Waals surface area contributed by atoms with Gasteiger partial charge in [-0.25, -0.2) is 0 Å². The maximum atomic E-state index is 10.6. The van der Waals surface area contributed by atoms with E-state index in [0.29, 0.717) is 6.54 Å². The van der Waals surface area contributed by atoms with E-state index in [1.165, 1.54) is 28.5 Å². The zero-order chi connectivity index (χ0) is 16.1. The van der Waals surface area contributed by atoms with Crippen LogP contribution >= 0.6 is 0 Å². The number of hydrogen-bond donors (Lipinski definition) is 0. The first-order valence-electron chi connectivity index (χ1n) is 7.42. The number of nitro groups is 1. The van der Waals surface area contributed by atoms with Crippen LogP contribution in [0, 0.1) is 10.1 Å². The Hall–Kier alpha value is -3.01. The molecule has 4 heteroatoms. The van der Waals surface area contributed by atoms with Gasteiger partial charge in [-0.05, 0) is 21.9 Å². The lowest BCUT2D eigenvalue weighted by atomic mass is 10.0. The fourth-order valence-electron chi connectivity index (χ4n) is 2.53. The molecule has 0 saturated carbocycles. The van der Waals surface area contributed by atoms with Crippen molar-refractivity contribution < 1.29 is 4.92 Å². The van der Waals surface area contributed by atoms with E-state index in [4.69, 9.17) is 0 Å². The average Bonchev–Trinajstić information content (AvgIpc) is 2.59. The fourth-order valence-corrected chi connectivity index (χ4v) is 2.53. The van der Waals surface area contributed by atoms with Crippen LogP contribution in [0.1, 0.15) is 11.1 Å². The van der Waals surface area contributed by atoms with E-state index in [0.717, 1.165) is 12.0 Å². The molecule has 0 fully saturated rings. The summed E-state index contributed by atoms with van der Waals surface area (Å²) in [6.45, 7) is 0.531. The van der Waals surface area contributed by atoms with Crippen molar-refractivity contribution in [2.24, 2.45) is 4.99 Å². The van der Waals surface area contributed by atoms with Crippen molar-refractivity contribution >= 4 is 22.7 Å². The molecule has 0 aliphatic heterocycles. The van der Waals surface area contributed by atoms with E-state index in [2.05, 4.69) is 35.3 Å². The van der Waals surface area contributed by atoms with Gasteiger partial charge in [0.2, 0.25) is 0 Å². The molecule has 0 aliphatic rings. The van der Waals surface area contributed by atoms with Crippen LogP contribution in [-0.4, -0.2) is 11.1 Å². The largest absolute Gasteiger partial charge is 0.292 e. The van der Waals surface area contributed by atoms with Crippen LogP contribution < -0.4 is 0 Å². The maximum absolute atomic E-state index is 10.6. The molecule has 114 valence electrons. The second-order valence-electron chi connectivity index (χ2n) is 5.29. The molecule has 0 amide bonds. The molecule has 4 nitrogen and oxygen atoms in total. The van der Waals surface area contributed by atoms with Gasteiger partial charge >= 0.3 is 0 Å².